The Morgan fingerprint density at radius 3 is 2.71 bits per heavy atom. The summed E-state index contributed by atoms with van der Waals surface area (Å²) in [5.41, 5.74) is 5.93. The zero-order valence-corrected chi connectivity index (χ0v) is 11.1. The summed E-state index contributed by atoms with van der Waals surface area (Å²) in [6.07, 6.45) is 1.81. The highest BCUT2D eigenvalue weighted by Crippen LogP contribution is 2.28. The predicted molar refractivity (Wildman–Crippen MR) is 68.5 cm³/mol. The Labute approximate surface area is 106 Å². The van der Waals surface area contributed by atoms with Gasteiger partial charge in [0, 0.05) is 12.6 Å². The number of nitrogens with zero attached hydrogens (tertiary/aromatic N) is 1. The van der Waals surface area contributed by atoms with Crippen LogP contribution < -0.4 is 5.73 Å². The van der Waals surface area contributed by atoms with Crippen molar-refractivity contribution in [3.8, 4) is 0 Å². The molecule has 1 aromatic rings. The smallest absolute Gasteiger partial charge is 0.243 e. The van der Waals surface area contributed by atoms with Crippen LogP contribution in [-0.2, 0) is 10.0 Å². The number of sulfonamides is 1. The van der Waals surface area contributed by atoms with Gasteiger partial charge in [0.2, 0.25) is 10.0 Å². The Morgan fingerprint density at radius 1 is 1.47 bits per heavy atom. The van der Waals surface area contributed by atoms with Crippen molar-refractivity contribution in [3.05, 3.63) is 23.2 Å². The maximum Gasteiger partial charge on any atom is 0.243 e. The SMILES string of the molecule is CC1CCCN1S(=O)(=O)c1ccc(Cl)c(N)c1. The lowest BCUT2D eigenvalue weighted by atomic mass is 10.3. The van der Waals surface area contributed by atoms with E-state index in [-0.39, 0.29) is 10.9 Å². The molecule has 6 heteroatoms. The summed E-state index contributed by atoms with van der Waals surface area (Å²) in [7, 11) is -3.43. The first-order valence-electron chi connectivity index (χ1n) is 5.50. The normalized spacial score (nSPS) is 21.9. The highest BCUT2D eigenvalue weighted by molar-refractivity contribution is 7.89. The molecule has 94 valence electrons. The average molecular weight is 275 g/mol. The third kappa shape index (κ3) is 2.27. The van der Waals surface area contributed by atoms with Gasteiger partial charge in [-0.3, -0.25) is 0 Å². The lowest BCUT2D eigenvalue weighted by Gasteiger charge is -2.21. The van der Waals surface area contributed by atoms with E-state index >= 15 is 0 Å². The first kappa shape index (κ1) is 12.7. The summed E-state index contributed by atoms with van der Waals surface area (Å²) in [4.78, 5) is 0.216. The number of hydrogen-bond donors (Lipinski definition) is 1. The molecule has 1 aromatic carbocycles. The van der Waals surface area contributed by atoms with Crippen molar-refractivity contribution in [2.45, 2.75) is 30.7 Å². The first-order chi connectivity index (χ1) is 7.93. The van der Waals surface area contributed by atoms with Crippen LogP contribution in [0.25, 0.3) is 0 Å². The van der Waals surface area contributed by atoms with Crippen molar-refractivity contribution < 1.29 is 8.42 Å². The molecule has 4 nitrogen and oxygen atoms in total. The number of halogens is 1. The van der Waals surface area contributed by atoms with Crippen molar-refractivity contribution in [3.63, 3.8) is 0 Å². The number of nitrogen functional groups attached to an aromatic ring is 1. The molecule has 0 aromatic heterocycles. The minimum atomic E-state index is -3.43. The van der Waals surface area contributed by atoms with E-state index in [1.165, 1.54) is 22.5 Å². The molecule has 1 fully saturated rings. The number of anilines is 1. The first-order valence-corrected chi connectivity index (χ1v) is 7.31. The molecule has 1 aliphatic rings. The van der Waals surface area contributed by atoms with Gasteiger partial charge in [-0.25, -0.2) is 8.42 Å². The molecule has 0 bridgehead atoms. The third-order valence-electron chi connectivity index (χ3n) is 3.07. The second kappa shape index (κ2) is 4.48. The quantitative estimate of drug-likeness (QED) is 0.840. The van der Waals surface area contributed by atoms with Crippen LogP contribution in [0.1, 0.15) is 19.8 Å². The molecule has 0 spiro atoms. The maximum absolute atomic E-state index is 12.3. The summed E-state index contributed by atoms with van der Waals surface area (Å²) in [5, 5.41) is 0.374. The maximum atomic E-state index is 12.3. The summed E-state index contributed by atoms with van der Waals surface area (Å²) < 4.78 is 26.2. The molecular weight excluding hydrogens is 260 g/mol. The van der Waals surface area contributed by atoms with E-state index < -0.39 is 10.0 Å². The van der Waals surface area contributed by atoms with Crippen LogP contribution in [0.2, 0.25) is 5.02 Å². The highest BCUT2D eigenvalue weighted by atomic mass is 35.5. The van der Waals surface area contributed by atoms with E-state index in [2.05, 4.69) is 0 Å². The average Bonchev–Trinajstić information content (AvgIpc) is 2.69. The molecule has 0 aliphatic carbocycles. The van der Waals surface area contributed by atoms with Gasteiger partial charge >= 0.3 is 0 Å². The fraction of sp³-hybridized carbons (Fsp3) is 0.455. The van der Waals surface area contributed by atoms with Gasteiger partial charge in [-0.05, 0) is 38.0 Å². The van der Waals surface area contributed by atoms with E-state index in [0.717, 1.165) is 12.8 Å². The van der Waals surface area contributed by atoms with Gasteiger partial charge in [0.25, 0.3) is 0 Å². The van der Waals surface area contributed by atoms with Crippen LogP contribution in [0.5, 0.6) is 0 Å². The molecule has 0 amide bonds. The van der Waals surface area contributed by atoms with Crippen LogP contribution in [0.15, 0.2) is 23.1 Å². The summed E-state index contributed by atoms with van der Waals surface area (Å²) in [5.74, 6) is 0. The zero-order valence-electron chi connectivity index (χ0n) is 9.56. The van der Waals surface area contributed by atoms with Crippen LogP contribution >= 0.6 is 11.6 Å². The Hall–Kier alpha value is -0.780. The van der Waals surface area contributed by atoms with Gasteiger partial charge in [-0.15, -0.1) is 0 Å². The minimum absolute atomic E-state index is 0.0527. The van der Waals surface area contributed by atoms with E-state index in [1.807, 2.05) is 6.92 Å². The molecular formula is C11H15ClN2O2S. The van der Waals surface area contributed by atoms with Gasteiger partial charge in [0.15, 0.2) is 0 Å². The lowest BCUT2D eigenvalue weighted by Crippen LogP contribution is -2.33. The van der Waals surface area contributed by atoms with Crippen LogP contribution in [-0.4, -0.2) is 25.3 Å². The minimum Gasteiger partial charge on any atom is -0.397 e. The van der Waals surface area contributed by atoms with Crippen molar-refractivity contribution in [2.24, 2.45) is 0 Å². The topological polar surface area (TPSA) is 63.4 Å². The fourth-order valence-corrected chi connectivity index (χ4v) is 3.93. The fourth-order valence-electron chi connectivity index (χ4n) is 2.08. The highest BCUT2D eigenvalue weighted by Gasteiger charge is 2.32. The molecule has 1 atom stereocenters. The molecule has 1 heterocycles. The Bertz CT molecular complexity index is 530. The monoisotopic (exact) mass is 274 g/mol. The van der Waals surface area contributed by atoms with Gasteiger partial charge in [0.1, 0.15) is 0 Å². The summed E-state index contributed by atoms with van der Waals surface area (Å²) >= 11 is 5.79. The predicted octanol–water partition coefficient (Wildman–Crippen LogP) is 2.10. The van der Waals surface area contributed by atoms with Crippen LogP contribution in [0, 0.1) is 0 Å². The van der Waals surface area contributed by atoms with Gasteiger partial charge in [-0.1, -0.05) is 11.6 Å². The van der Waals surface area contributed by atoms with E-state index in [4.69, 9.17) is 17.3 Å². The van der Waals surface area contributed by atoms with Gasteiger partial charge in [0.05, 0.1) is 15.6 Å². The number of benzene rings is 1. The molecule has 1 unspecified atom stereocenters. The molecule has 17 heavy (non-hydrogen) atoms. The summed E-state index contributed by atoms with van der Waals surface area (Å²) in [6.45, 7) is 2.50. The molecule has 0 radical (unpaired) electrons. The molecule has 0 saturated carbocycles. The second-order valence-corrected chi connectivity index (χ2v) is 6.59. The molecule has 1 saturated heterocycles. The van der Waals surface area contributed by atoms with Gasteiger partial charge < -0.3 is 5.73 Å². The number of rotatable bonds is 2. The van der Waals surface area contributed by atoms with Crippen LogP contribution in [0.4, 0.5) is 5.69 Å². The second-order valence-electron chi connectivity index (χ2n) is 4.29. The molecule has 2 rings (SSSR count). The lowest BCUT2D eigenvalue weighted by molar-refractivity contribution is 0.408. The van der Waals surface area contributed by atoms with Crippen LogP contribution in [0.3, 0.4) is 0 Å². The third-order valence-corrected chi connectivity index (χ3v) is 5.42. The summed E-state index contributed by atoms with van der Waals surface area (Å²) in [6, 6.07) is 4.49. The van der Waals surface area contributed by atoms with Crippen molar-refractivity contribution in [2.75, 3.05) is 12.3 Å². The Balaban J connectivity index is 2.41. The van der Waals surface area contributed by atoms with Gasteiger partial charge in [-0.2, -0.15) is 4.31 Å². The Morgan fingerprint density at radius 2 is 2.18 bits per heavy atom. The standard InChI is InChI=1S/C11H15ClN2O2S/c1-8-3-2-6-14(8)17(15,16)9-4-5-10(12)11(13)7-9/h4-5,7-8H,2-3,6,13H2,1H3. The van der Waals surface area contributed by atoms with E-state index in [9.17, 15) is 8.42 Å². The Kier molecular flexibility index (Phi) is 3.34. The van der Waals surface area contributed by atoms with Crippen molar-refractivity contribution >= 4 is 27.3 Å². The molecule has 2 N–H and O–H groups in total. The largest absolute Gasteiger partial charge is 0.397 e. The van der Waals surface area contributed by atoms with Crippen molar-refractivity contribution in [1.29, 1.82) is 0 Å². The zero-order chi connectivity index (χ0) is 12.6. The number of hydrogen-bond acceptors (Lipinski definition) is 3. The van der Waals surface area contributed by atoms with Crippen molar-refractivity contribution in [1.82, 2.24) is 4.31 Å². The van der Waals surface area contributed by atoms with E-state index in [1.54, 1.807) is 0 Å². The number of nitrogens with two attached hydrogens (primary N) is 1. The van der Waals surface area contributed by atoms with E-state index in [0.29, 0.717) is 17.3 Å². The molecule has 1 aliphatic heterocycles.